The number of aliphatic hydroxyl groups excluding tert-OH is 2. The number of hydrogen-bond acceptors (Lipinski definition) is 7. The Bertz CT molecular complexity index is 688. The second kappa shape index (κ2) is 10.4. The lowest BCUT2D eigenvalue weighted by Crippen LogP contribution is -2.45. The molecule has 0 unspecified atom stereocenters. The minimum atomic E-state index is -1.17. The Labute approximate surface area is 177 Å². The van der Waals surface area contributed by atoms with Crippen LogP contribution in [0.5, 0.6) is 0 Å². The average Bonchev–Trinajstić information content (AvgIpc) is 3.24. The van der Waals surface area contributed by atoms with Crippen LogP contribution in [0.15, 0.2) is 18.5 Å². The van der Waals surface area contributed by atoms with Crippen molar-refractivity contribution in [3.63, 3.8) is 0 Å². The van der Waals surface area contributed by atoms with Crippen LogP contribution in [0.2, 0.25) is 0 Å². The number of esters is 1. The molecular weight excluding hydrogens is 388 g/mol. The molecule has 1 aromatic heterocycles. The number of likely N-dealkylation sites (tertiary alicyclic amines) is 1. The fourth-order valence-corrected chi connectivity index (χ4v) is 4.27. The quantitative estimate of drug-likeness (QED) is 0.658. The number of piperidine rings is 1. The summed E-state index contributed by atoms with van der Waals surface area (Å²) in [5.41, 5.74) is -0.546. The van der Waals surface area contributed by atoms with Gasteiger partial charge in [0.15, 0.2) is 0 Å². The number of rotatable bonds is 2. The first kappa shape index (κ1) is 22.7. The third-order valence-corrected chi connectivity index (χ3v) is 6.44. The van der Waals surface area contributed by atoms with Gasteiger partial charge >= 0.3 is 5.97 Å². The normalized spacial score (nSPS) is 27.0. The van der Waals surface area contributed by atoms with Crippen LogP contribution >= 0.6 is 0 Å². The zero-order chi connectivity index (χ0) is 21.6. The highest BCUT2D eigenvalue weighted by Crippen LogP contribution is 2.38. The number of aliphatic hydroxyl groups is 2. The second-order valence-electron chi connectivity index (χ2n) is 8.65. The van der Waals surface area contributed by atoms with Gasteiger partial charge in [-0.2, -0.15) is 5.10 Å². The molecule has 30 heavy (non-hydrogen) atoms. The van der Waals surface area contributed by atoms with E-state index in [9.17, 15) is 19.8 Å². The van der Waals surface area contributed by atoms with E-state index in [4.69, 9.17) is 4.74 Å². The molecule has 9 heteroatoms. The van der Waals surface area contributed by atoms with Gasteiger partial charge < -0.3 is 24.7 Å². The molecular formula is C21H34N4O5. The molecule has 0 radical (unpaired) electrons. The highest BCUT2D eigenvalue weighted by molar-refractivity contribution is 5.77. The van der Waals surface area contributed by atoms with Gasteiger partial charge in [0.25, 0.3) is 0 Å². The third-order valence-electron chi connectivity index (χ3n) is 6.44. The largest absolute Gasteiger partial charge is 0.462 e. The molecule has 1 aromatic rings. The Morgan fingerprint density at radius 1 is 1.17 bits per heavy atom. The Hall–Kier alpha value is -1.97. The Kier molecular flexibility index (Phi) is 7.85. The van der Waals surface area contributed by atoms with E-state index in [0.717, 1.165) is 38.8 Å². The summed E-state index contributed by atoms with van der Waals surface area (Å²) < 4.78 is 7.03. The summed E-state index contributed by atoms with van der Waals surface area (Å²) in [5.74, 6) is -0.343. The van der Waals surface area contributed by atoms with Crippen molar-refractivity contribution in [3.05, 3.63) is 18.5 Å². The Balaban J connectivity index is 1.68. The number of aromatic nitrogens is 2. The van der Waals surface area contributed by atoms with Gasteiger partial charge in [-0.15, -0.1) is 0 Å². The van der Waals surface area contributed by atoms with E-state index in [-0.39, 0.29) is 31.4 Å². The van der Waals surface area contributed by atoms with Crippen LogP contribution in [0, 0.1) is 5.41 Å². The monoisotopic (exact) mass is 422 g/mol. The van der Waals surface area contributed by atoms with Gasteiger partial charge in [-0.05, 0) is 58.3 Å². The third kappa shape index (κ3) is 5.80. The summed E-state index contributed by atoms with van der Waals surface area (Å²) in [7, 11) is 2.04. The maximum atomic E-state index is 12.9. The van der Waals surface area contributed by atoms with Crippen LogP contribution in [-0.2, 0) is 20.9 Å². The molecule has 0 saturated carbocycles. The van der Waals surface area contributed by atoms with Gasteiger partial charge in [0.05, 0.1) is 11.5 Å². The summed E-state index contributed by atoms with van der Waals surface area (Å²) in [6.45, 7) is 2.46. The van der Waals surface area contributed by atoms with E-state index < -0.39 is 17.6 Å². The second-order valence-corrected chi connectivity index (χ2v) is 8.65. The van der Waals surface area contributed by atoms with Crippen LogP contribution < -0.4 is 0 Å². The maximum absolute atomic E-state index is 12.9. The number of carbonyl (C=O) groups excluding carboxylic acids is 2. The fraction of sp³-hybridized carbons (Fsp3) is 0.762. The smallest absolute Gasteiger partial charge is 0.312 e. The van der Waals surface area contributed by atoms with E-state index >= 15 is 0 Å². The lowest BCUT2D eigenvalue weighted by molar-refractivity contribution is -0.164. The van der Waals surface area contributed by atoms with Gasteiger partial charge in [-0.25, -0.2) is 0 Å². The first-order valence-electron chi connectivity index (χ1n) is 10.9. The lowest BCUT2D eigenvalue weighted by Gasteiger charge is -2.39. The SMILES string of the molecule is CN1CCC2(CCCCN(C(=O)Cn3cccn3)CC[C@H](O)[C@H](O)COC2=O)CC1. The van der Waals surface area contributed by atoms with E-state index in [2.05, 4.69) is 10.00 Å². The molecule has 168 valence electrons. The van der Waals surface area contributed by atoms with Crippen molar-refractivity contribution in [2.45, 2.75) is 57.3 Å². The van der Waals surface area contributed by atoms with Gasteiger partial charge in [-0.3, -0.25) is 14.3 Å². The number of carbonyl (C=O) groups is 2. The van der Waals surface area contributed by atoms with Crippen LogP contribution in [0.25, 0.3) is 0 Å². The molecule has 2 aliphatic rings. The minimum Gasteiger partial charge on any atom is -0.462 e. The Morgan fingerprint density at radius 2 is 1.93 bits per heavy atom. The zero-order valence-electron chi connectivity index (χ0n) is 17.8. The summed E-state index contributed by atoms with van der Waals surface area (Å²) in [6, 6.07) is 1.77. The molecule has 3 rings (SSSR count). The molecule has 3 heterocycles. The molecule has 0 aliphatic carbocycles. The topological polar surface area (TPSA) is 108 Å². The number of nitrogens with zero attached hydrogens (tertiary/aromatic N) is 4. The van der Waals surface area contributed by atoms with Crippen molar-refractivity contribution in [2.75, 3.05) is 39.8 Å². The van der Waals surface area contributed by atoms with E-state index in [1.54, 1.807) is 28.0 Å². The van der Waals surface area contributed by atoms with Crippen LogP contribution in [0.1, 0.15) is 38.5 Å². The molecule has 0 bridgehead atoms. The maximum Gasteiger partial charge on any atom is 0.312 e. The minimum absolute atomic E-state index is 0.0726. The van der Waals surface area contributed by atoms with Crippen molar-refractivity contribution in [1.29, 1.82) is 0 Å². The van der Waals surface area contributed by atoms with Gasteiger partial charge in [-0.1, -0.05) is 6.42 Å². The molecule has 9 nitrogen and oxygen atoms in total. The first-order valence-corrected chi connectivity index (χ1v) is 10.9. The van der Waals surface area contributed by atoms with E-state index in [0.29, 0.717) is 19.5 Å². The van der Waals surface area contributed by atoms with Crippen molar-refractivity contribution < 1.29 is 24.5 Å². The number of cyclic esters (lactones) is 1. The van der Waals surface area contributed by atoms with Gasteiger partial charge in [0, 0.05) is 25.5 Å². The molecule has 2 fully saturated rings. The van der Waals surface area contributed by atoms with Crippen molar-refractivity contribution in [2.24, 2.45) is 5.41 Å². The van der Waals surface area contributed by atoms with Crippen molar-refractivity contribution in [3.8, 4) is 0 Å². The predicted octanol–water partition coefficient (Wildman–Crippen LogP) is 0.263. The fourth-order valence-electron chi connectivity index (χ4n) is 4.27. The molecule has 1 spiro atoms. The summed E-state index contributed by atoms with van der Waals surface area (Å²) in [6.07, 6.45) is 5.11. The molecule has 0 aromatic carbocycles. The zero-order valence-corrected chi connectivity index (χ0v) is 17.8. The van der Waals surface area contributed by atoms with E-state index in [1.165, 1.54) is 0 Å². The van der Waals surface area contributed by atoms with Crippen molar-refractivity contribution >= 4 is 11.9 Å². The van der Waals surface area contributed by atoms with Crippen LogP contribution in [-0.4, -0.2) is 93.7 Å². The summed E-state index contributed by atoms with van der Waals surface area (Å²) >= 11 is 0. The molecule has 2 saturated heterocycles. The number of amides is 1. The first-order chi connectivity index (χ1) is 14.4. The average molecular weight is 423 g/mol. The summed E-state index contributed by atoms with van der Waals surface area (Å²) in [4.78, 5) is 29.6. The van der Waals surface area contributed by atoms with Gasteiger partial charge in [0.2, 0.25) is 5.91 Å². The molecule has 2 atom stereocenters. The number of hydrogen-bond donors (Lipinski definition) is 2. The number of ether oxygens (including phenoxy) is 1. The Morgan fingerprint density at radius 3 is 2.63 bits per heavy atom. The van der Waals surface area contributed by atoms with Crippen LogP contribution in [0.4, 0.5) is 0 Å². The summed E-state index contributed by atoms with van der Waals surface area (Å²) in [5, 5.41) is 24.7. The highest BCUT2D eigenvalue weighted by Gasteiger charge is 2.42. The van der Waals surface area contributed by atoms with Crippen LogP contribution in [0.3, 0.4) is 0 Å². The standard InChI is InChI=1S/C21H34N4O5/c1-23-13-7-21(8-14-23)6-2-3-10-24(19(28)15-25-11-4-9-22-25)12-5-17(26)18(27)16-30-20(21)29/h4,9,11,17-18,26-27H,2-3,5-8,10,12-16H2,1H3/t17-,18+/m0/s1. The highest BCUT2D eigenvalue weighted by atomic mass is 16.5. The van der Waals surface area contributed by atoms with E-state index in [1.807, 2.05) is 7.05 Å². The predicted molar refractivity (Wildman–Crippen MR) is 109 cm³/mol. The van der Waals surface area contributed by atoms with Crippen molar-refractivity contribution in [1.82, 2.24) is 19.6 Å². The lowest BCUT2D eigenvalue weighted by atomic mass is 9.74. The molecule has 2 N–H and O–H groups in total. The molecule has 2 aliphatic heterocycles. The van der Waals surface area contributed by atoms with Gasteiger partial charge in [0.1, 0.15) is 19.3 Å². The molecule has 1 amide bonds.